The standard InChI is InChI=1S/C73H138O17P2/c1-3-5-7-9-11-13-15-21-27-33-39-45-51-57-72(77)85-66-71(90-73(78)58-52-46-40-34-28-22-16-14-12-10-8-6-4-2)68-89-92(81,82)87-64-69(76)63-86-91(79,80)88-67-70(84-62-56-50-44-38-32-26-20-18-24-30-36-42-48-54-60-75)65-83-61-55-49-43-37-31-25-19-17-23-29-35-41-47-53-59-74/h17-20,59-60,69-71,76H,3-16,21-58,61-68H2,1-2H3,(H,79,80)(H,81,82)/b19-17-,20-18-/t69-,70-,71-/m1/s1. The van der Waals surface area contributed by atoms with Crippen molar-refractivity contribution < 1.29 is 80.2 Å². The number of phosphoric ester groups is 2. The van der Waals surface area contributed by atoms with Gasteiger partial charge in [-0.3, -0.25) is 27.7 Å². The van der Waals surface area contributed by atoms with Crippen LogP contribution in [0.15, 0.2) is 24.3 Å². The van der Waals surface area contributed by atoms with E-state index in [1.807, 2.05) is 0 Å². The molecule has 0 heterocycles. The maximum absolute atomic E-state index is 13.0. The number of carbonyl (C=O) groups excluding carboxylic acids is 4. The quantitative estimate of drug-likeness (QED) is 0.0169. The van der Waals surface area contributed by atoms with Gasteiger partial charge in [0.05, 0.1) is 33.0 Å². The Labute approximate surface area is 561 Å². The molecule has 0 saturated heterocycles. The largest absolute Gasteiger partial charge is 0.472 e. The predicted molar refractivity (Wildman–Crippen MR) is 373 cm³/mol. The summed E-state index contributed by atoms with van der Waals surface area (Å²) >= 11 is 0. The number of rotatable bonds is 76. The van der Waals surface area contributed by atoms with Gasteiger partial charge in [-0.15, -0.1) is 0 Å². The van der Waals surface area contributed by atoms with Crippen molar-refractivity contribution in [3.8, 4) is 0 Å². The zero-order valence-corrected chi connectivity index (χ0v) is 60.4. The number of aliphatic hydroxyl groups excluding tert-OH is 1. The Morgan fingerprint density at radius 2 is 0.652 bits per heavy atom. The number of hydrogen-bond acceptors (Lipinski definition) is 15. The van der Waals surface area contributed by atoms with Crippen LogP contribution in [0, 0.1) is 0 Å². The zero-order valence-electron chi connectivity index (χ0n) is 58.6. The second-order valence-electron chi connectivity index (χ2n) is 25.5. The maximum atomic E-state index is 13.0. The van der Waals surface area contributed by atoms with E-state index < -0.39 is 65.7 Å². The summed E-state index contributed by atoms with van der Waals surface area (Å²) in [5, 5.41) is 10.6. The van der Waals surface area contributed by atoms with E-state index in [1.165, 1.54) is 116 Å². The Kier molecular flexibility index (Phi) is 68.6. The number of ether oxygens (including phenoxy) is 4. The molecule has 3 N–H and O–H groups in total. The molecule has 0 fully saturated rings. The minimum absolute atomic E-state index is 0.126. The van der Waals surface area contributed by atoms with E-state index in [0.717, 1.165) is 192 Å². The zero-order chi connectivity index (χ0) is 67.2. The van der Waals surface area contributed by atoms with Gasteiger partial charge in [-0.2, -0.15) is 0 Å². The highest BCUT2D eigenvalue weighted by atomic mass is 31.2. The molecule has 2 unspecified atom stereocenters. The molecule has 0 saturated carbocycles. The third-order valence-electron chi connectivity index (χ3n) is 16.5. The number of hydrogen-bond donors (Lipinski definition) is 3. The SMILES string of the molecule is CCCCCCCCCCCCCCCC(=O)OC[C@H](COP(=O)(O)OC[C@H](O)COP(=O)(O)OC[C@@H](COCCCCCCC/C=C\CCCCCCC=O)OCCCCCCC/C=C\CCCCCCC=O)OC(=O)CCCCCCCCCCCCCCC. The van der Waals surface area contributed by atoms with E-state index in [1.54, 1.807) is 0 Å². The summed E-state index contributed by atoms with van der Waals surface area (Å²) in [4.78, 5) is 67.9. The number of aldehydes is 2. The summed E-state index contributed by atoms with van der Waals surface area (Å²) in [5.74, 6) is -1.02. The van der Waals surface area contributed by atoms with Gasteiger partial charge in [-0.25, -0.2) is 9.13 Å². The third-order valence-corrected chi connectivity index (χ3v) is 18.4. The van der Waals surface area contributed by atoms with Gasteiger partial charge in [-0.05, 0) is 89.9 Å². The van der Waals surface area contributed by atoms with Gasteiger partial charge in [0.1, 0.15) is 31.4 Å². The molecule has 17 nitrogen and oxygen atoms in total. The number of phosphoric acid groups is 2. The van der Waals surface area contributed by atoms with Crippen molar-refractivity contribution in [1.82, 2.24) is 0 Å². The highest BCUT2D eigenvalue weighted by molar-refractivity contribution is 7.47. The molecule has 0 spiro atoms. The lowest BCUT2D eigenvalue weighted by atomic mass is 10.0. The number of esters is 2. The Hall–Kier alpha value is -2.14. The van der Waals surface area contributed by atoms with Crippen molar-refractivity contribution in [3.05, 3.63) is 24.3 Å². The molecule has 0 aromatic heterocycles. The molecule has 0 bridgehead atoms. The first-order chi connectivity index (χ1) is 44.9. The first-order valence-corrected chi connectivity index (χ1v) is 40.5. The second-order valence-corrected chi connectivity index (χ2v) is 28.4. The number of unbranched alkanes of at least 4 members (excludes halogenated alkanes) is 44. The summed E-state index contributed by atoms with van der Waals surface area (Å²) in [6.07, 6.45) is 62.8. The van der Waals surface area contributed by atoms with Gasteiger partial charge in [0.2, 0.25) is 0 Å². The van der Waals surface area contributed by atoms with E-state index in [2.05, 4.69) is 38.2 Å². The fourth-order valence-electron chi connectivity index (χ4n) is 10.7. The van der Waals surface area contributed by atoms with Crippen LogP contribution in [0.1, 0.15) is 348 Å². The molecule has 92 heavy (non-hydrogen) atoms. The minimum atomic E-state index is -4.90. The summed E-state index contributed by atoms with van der Waals surface area (Å²) < 4.78 is 69.8. The van der Waals surface area contributed by atoms with Gasteiger partial charge < -0.3 is 43.4 Å². The molecule has 0 radical (unpaired) electrons. The smallest absolute Gasteiger partial charge is 0.462 e. The first kappa shape index (κ1) is 89.9. The lowest BCUT2D eigenvalue weighted by Crippen LogP contribution is -2.30. The minimum Gasteiger partial charge on any atom is -0.462 e. The van der Waals surface area contributed by atoms with Crippen molar-refractivity contribution >= 4 is 40.2 Å². The van der Waals surface area contributed by atoms with E-state index in [0.29, 0.717) is 38.9 Å². The second kappa shape index (κ2) is 70.2. The van der Waals surface area contributed by atoms with Crippen LogP contribution in [-0.4, -0.2) is 111 Å². The fourth-order valence-corrected chi connectivity index (χ4v) is 12.3. The van der Waals surface area contributed by atoms with Crippen molar-refractivity contribution in [2.75, 3.05) is 52.9 Å². The van der Waals surface area contributed by atoms with Crippen LogP contribution in [-0.2, 0) is 65.4 Å². The average molecular weight is 1350 g/mol. The van der Waals surface area contributed by atoms with E-state index >= 15 is 0 Å². The van der Waals surface area contributed by atoms with Gasteiger partial charge >= 0.3 is 27.6 Å². The molecule has 0 rings (SSSR count). The van der Waals surface area contributed by atoms with Crippen LogP contribution in [0.4, 0.5) is 0 Å². The predicted octanol–water partition coefficient (Wildman–Crippen LogP) is 20.3. The van der Waals surface area contributed by atoms with Crippen molar-refractivity contribution in [2.45, 2.75) is 366 Å². The highest BCUT2D eigenvalue weighted by Gasteiger charge is 2.30. The fraction of sp³-hybridized carbons (Fsp3) is 0.890. The first-order valence-electron chi connectivity index (χ1n) is 37.5. The molecular formula is C73H138O17P2. The molecule has 0 amide bonds. The van der Waals surface area contributed by atoms with Crippen molar-refractivity contribution in [3.63, 3.8) is 0 Å². The van der Waals surface area contributed by atoms with Crippen LogP contribution >= 0.6 is 15.6 Å². The summed E-state index contributed by atoms with van der Waals surface area (Å²) in [6, 6.07) is 0. The van der Waals surface area contributed by atoms with Crippen LogP contribution < -0.4 is 0 Å². The van der Waals surface area contributed by atoms with E-state index in [-0.39, 0.29) is 32.7 Å². The third kappa shape index (κ3) is 69.2. The lowest BCUT2D eigenvalue weighted by molar-refractivity contribution is -0.161. The van der Waals surface area contributed by atoms with Crippen LogP contribution in [0.5, 0.6) is 0 Å². The van der Waals surface area contributed by atoms with Gasteiger partial charge in [-0.1, -0.05) is 256 Å². The monoisotopic (exact) mass is 1350 g/mol. The molecule has 0 aliphatic carbocycles. The summed E-state index contributed by atoms with van der Waals surface area (Å²) in [7, 11) is -9.66. The normalized spacial score (nSPS) is 14.2. The molecule has 542 valence electrons. The van der Waals surface area contributed by atoms with Crippen molar-refractivity contribution in [2.24, 2.45) is 0 Å². The number of carbonyl (C=O) groups is 4. The maximum Gasteiger partial charge on any atom is 0.472 e. The van der Waals surface area contributed by atoms with Gasteiger partial charge in [0.25, 0.3) is 0 Å². The van der Waals surface area contributed by atoms with Crippen LogP contribution in [0.3, 0.4) is 0 Å². The summed E-state index contributed by atoms with van der Waals surface area (Å²) in [5.41, 5.74) is 0. The number of allylic oxidation sites excluding steroid dienone is 4. The Bertz CT molecular complexity index is 1790. The Balaban J connectivity index is 5.15. The highest BCUT2D eigenvalue weighted by Crippen LogP contribution is 2.45. The van der Waals surface area contributed by atoms with Crippen molar-refractivity contribution in [1.29, 1.82) is 0 Å². The summed E-state index contributed by atoms with van der Waals surface area (Å²) in [6.45, 7) is 2.55. The Morgan fingerprint density at radius 1 is 0.348 bits per heavy atom. The van der Waals surface area contributed by atoms with Crippen LogP contribution in [0.2, 0.25) is 0 Å². The van der Waals surface area contributed by atoms with E-state index in [9.17, 15) is 43.2 Å². The van der Waals surface area contributed by atoms with E-state index in [4.69, 9.17) is 37.0 Å². The van der Waals surface area contributed by atoms with Crippen LogP contribution in [0.25, 0.3) is 0 Å². The van der Waals surface area contributed by atoms with Gasteiger partial charge in [0, 0.05) is 38.9 Å². The molecule has 0 aromatic rings. The molecule has 19 heteroatoms. The topological polar surface area (TPSA) is 237 Å². The Morgan fingerprint density at radius 3 is 1.03 bits per heavy atom. The molecule has 0 aromatic carbocycles. The molecule has 0 aliphatic heterocycles. The molecular weight excluding hydrogens is 1210 g/mol. The molecule has 0 aliphatic rings. The lowest BCUT2D eigenvalue weighted by Gasteiger charge is -2.21. The number of aliphatic hydroxyl groups is 1. The average Bonchev–Trinajstić information content (AvgIpc) is 3.32. The molecule has 5 atom stereocenters. The van der Waals surface area contributed by atoms with Gasteiger partial charge in [0.15, 0.2) is 6.10 Å².